The van der Waals surface area contributed by atoms with Gasteiger partial charge in [-0.1, -0.05) is 11.6 Å². The summed E-state index contributed by atoms with van der Waals surface area (Å²) in [5.41, 5.74) is -1.40. The minimum atomic E-state index is -4.80. The van der Waals surface area contributed by atoms with Gasteiger partial charge < -0.3 is 5.32 Å². The number of anilines is 2. The molecule has 0 heterocycles. The van der Waals surface area contributed by atoms with Crippen molar-refractivity contribution in [3.8, 4) is 0 Å². The second kappa shape index (κ2) is 7.73. The van der Waals surface area contributed by atoms with E-state index in [1.54, 1.807) is 0 Å². The molecule has 0 saturated heterocycles. The first-order chi connectivity index (χ1) is 12.4. The SMILES string of the molecule is CS(=O)(=O)N(CC(=O)Nc1ccc(F)cc1)c1ccc(Cl)c(C(F)(F)F)c1. The Morgan fingerprint density at radius 1 is 1.15 bits per heavy atom. The molecule has 0 fully saturated rings. The van der Waals surface area contributed by atoms with E-state index in [-0.39, 0.29) is 11.4 Å². The highest BCUT2D eigenvalue weighted by atomic mass is 35.5. The lowest BCUT2D eigenvalue weighted by Gasteiger charge is -2.23. The minimum Gasteiger partial charge on any atom is -0.325 e. The van der Waals surface area contributed by atoms with Crippen molar-refractivity contribution in [2.24, 2.45) is 0 Å². The van der Waals surface area contributed by atoms with E-state index in [0.29, 0.717) is 10.4 Å². The third-order valence-electron chi connectivity index (χ3n) is 3.36. The van der Waals surface area contributed by atoms with Crippen LogP contribution in [-0.2, 0) is 21.0 Å². The maximum atomic E-state index is 13.0. The summed E-state index contributed by atoms with van der Waals surface area (Å²) in [5.74, 6) is -1.36. The number of nitrogens with zero attached hydrogens (tertiary/aromatic N) is 1. The molecular weight excluding hydrogens is 412 g/mol. The Kier molecular flexibility index (Phi) is 6.01. The maximum absolute atomic E-state index is 13.0. The molecule has 27 heavy (non-hydrogen) atoms. The molecule has 0 radical (unpaired) electrons. The van der Waals surface area contributed by atoms with Gasteiger partial charge in [-0.2, -0.15) is 13.2 Å². The van der Waals surface area contributed by atoms with Crippen molar-refractivity contribution in [1.82, 2.24) is 0 Å². The topological polar surface area (TPSA) is 66.5 Å². The Morgan fingerprint density at radius 2 is 1.74 bits per heavy atom. The number of nitrogens with one attached hydrogen (secondary N) is 1. The van der Waals surface area contributed by atoms with Gasteiger partial charge in [-0.05, 0) is 42.5 Å². The predicted molar refractivity (Wildman–Crippen MR) is 93.7 cm³/mol. The van der Waals surface area contributed by atoms with Crippen molar-refractivity contribution >= 4 is 38.9 Å². The molecule has 11 heteroatoms. The number of halogens is 5. The molecule has 0 spiro atoms. The molecule has 0 aliphatic carbocycles. The fourth-order valence-corrected chi connectivity index (χ4v) is 3.22. The quantitative estimate of drug-likeness (QED) is 0.740. The lowest BCUT2D eigenvalue weighted by molar-refractivity contribution is -0.137. The molecule has 2 aromatic carbocycles. The van der Waals surface area contributed by atoms with E-state index in [9.17, 15) is 30.8 Å². The fraction of sp³-hybridized carbons (Fsp3) is 0.188. The van der Waals surface area contributed by atoms with Crippen LogP contribution >= 0.6 is 11.6 Å². The van der Waals surface area contributed by atoms with E-state index in [1.807, 2.05) is 0 Å². The number of hydrogen-bond donors (Lipinski definition) is 1. The summed E-state index contributed by atoms with van der Waals surface area (Å²) in [6, 6.07) is 7.18. The summed E-state index contributed by atoms with van der Waals surface area (Å²) in [4.78, 5) is 12.1. The zero-order valence-electron chi connectivity index (χ0n) is 13.7. The molecule has 0 bridgehead atoms. The van der Waals surface area contributed by atoms with Crippen LogP contribution in [-0.4, -0.2) is 27.1 Å². The first-order valence-electron chi connectivity index (χ1n) is 7.28. The van der Waals surface area contributed by atoms with E-state index in [4.69, 9.17) is 11.6 Å². The highest BCUT2D eigenvalue weighted by Gasteiger charge is 2.34. The van der Waals surface area contributed by atoms with Crippen LogP contribution in [0.15, 0.2) is 42.5 Å². The lowest BCUT2D eigenvalue weighted by atomic mass is 10.2. The Morgan fingerprint density at radius 3 is 2.26 bits per heavy atom. The Hall–Kier alpha value is -2.33. The molecule has 2 aromatic rings. The summed E-state index contributed by atoms with van der Waals surface area (Å²) < 4.78 is 76.4. The van der Waals surface area contributed by atoms with Gasteiger partial charge in [0, 0.05) is 5.69 Å². The molecule has 0 aliphatic heterocycles. The van der Waals surface area contributed by atoms with Crippen molar-refractivity contribution < 1.29 is 30.8 Å². The fourth-order valence-electron chi connectivity index (χ4n) is 2.15. The third-order valence-corrected chi connectivity index (χ3v) is 4.83. The minimum absolute atomic E-state index is 0.196. The summed E-state index contributed by atoms with van der Waals surface area (Å²) in [6.45, 7) is -0.783. The molecule has 0 saturated carbocycles. The van der Waals surface area contributed by atoms with E-state index in [2.05, 4.69) is 5.32 Å². The van der Waals surface area contributed by atoms with Gasteiger partial charge in [0.05, 0.1) is 22.5 Å². The molecule has 0 unspecified atom stereocenters. The zero-order chi connectivity index (χ0) is 20.4. The summed E-state index contributed by atoms with van der Waals surface area (Å²) >= 11 is 5.53. The molecule has 2 rings (SSSR count). The zero-order valence-corrected chi connectivity index (χ0v) is 15.3. The van der Waals surface area contributed by atoms with Gasteiger partial charge in [0.25, 0.3) is 0 Å². The summed E-state index contributed by atoms with van der Waals surface area (Å²) in [5, 5.41) is 1.74. The Balaban J connectivity index is 2.31. The van der Waals surface area contributed by atoms with Crippen LogP contribution in [0.25, 0.3) is 0 Å². The average Bonchev–Trinajstić information content (AvgIpc) is 2.53. The molecule has 0 aliphatic rings. The molecule has 1 amide bonds. The second-order valence-corrected chi connectivity index (χ2v) is 7.80. The van der Waals surface area contributed by atoms with Gasteiger partial charge in [0.15, 0.2) is 0 Å². The first-order valence-corrected chi connectivity index (χ1v) is 9.50. The number of rotatable bonds is 5. The number of sulfonamides is 1. The van der Waals surface area contributed by atoms with Crippen molar-refractivity contribution in [2.45, 2.75) is 6.18 Å². The van der Waals surface area contributed by atoms with Crippen molar-refractivity contribution in [3.63, 3.8) is 0 Å². The Bertz CT molecular complexity index is 947. The molecular formula is C16H13ClF4N2O3S. The third kappa shape index (κ3) is 5.57. The van der Waals surface area contributed by atoms with Crippen LogP contribution in [0.3, 0.4) is 0 Å². The molecule has 5 nitrogen and oxygen atoms in total. The monoisotopic (exact) mass is 424 g/mol. The number of carbonyl (C=O) groups excluding carboxylic acids is 1. The number of alkyl halides is 3. The lowest BCUT2D eigenvalue weighted by Crippen LogP contribution is -2.37. The van der Waals surface area contributed by atoms with E-state index >= 15 is 0 Å². The second-order valence-electron chi connectivity index (χ2n) is 5.49. The number of hydrogen-bond acceptors (Lipinski definition) is 3. The molecule has 0 atom stereocenters. The largest absolute Gasteiger partial charge is 0.417 e. The van der Waals surface area contributed by atoms with Crippen LogP contribution in [0.4, 0.5) is 28.9 Å². The van der Waals surface area contributed by atoms with Gasteiger partial charge >= 0.3 is 6.18 Å². The maximum Gasteiger partial charge on any atom is 0.417 e. The Labute approximate surface area is 157 Å². The van der Waals surface area contributed by atoms with Crippen LogP contribution in [0.1, 0.15) is 5.56 Å². The van der Waals surface area contributed by atoms with Crippen molar-refractivity contribution in [2.75, 3.05) is 22.4 Å². The number of benzene rings is 2. The summed E-state index contributed by atoms with van der Waals surface area (Å²) in [7, 11) is -4.09. The standard InChI is InChI=1S/C16H13ClF4N2O3S/c1-27(25,26)23(9-15(24)22-11-4-2-10(18)3-5-11)12-6-7-14(17)13(8-12)16(19,20)21/h2-8H,9H2,1H3,(H,22,24). The molecule has 1 N–H and O–H groups in total. The van der Waals surface area contributed by atoms with Crippen LogP contribution < -0.4 is 9.62 Å². The molecule has 0 aromatic heterocycles. The van der Waals surface area contributed by atoms with E-state index in [0.717, 1.165) is 30.5 Å². The highest BCUT2D eigenvalue weighted by molar-refractivity contribution is 7.92. The number of amides is 1. The van der Waals surface area contributed by atoms with Crippen molar-refractivity contribution in [3.05, 3.63) is 58.9 Å². The van der Waals surface area contributed by atoms with Gasteiger partial charge in [0.1, 0.15) is 12.4 Å². The van der Waals surface area contributed by atoms with Crippen LogP contribution in [0, 0.1) is 5.82 Å². The van der Waals surface area contributed by atoms with Crippen molar-refractivity contribution in [1.29, 1.82) is 0 Å². The van der Waals surface area contributed by atoms with E-state index < -0.39 is 45.1 Å². The normalized spacial score (nSPS) is 11.9. The summed E-state index contributed by atoms with van der Waals surface area (Å²) in [6.07, 6.45) is -4.05. The van der Waals surface area contributed by atoms with Crippen LogP contribution in [0.5, 0.6) is 0 Å². The van der Waals surface area contributed by atoms with Gasteiger partial charge in [0.2, 0.25) is 15.9 Å². The number of carbonyl (C=O) groups is 1. The molecule has 146 valence electrons. The van der Waals surface area contributed by atoms with Crippen LogP contribution in [0.2, 0.25) is 5.02 Å². The van der Waals surface area contributed by atoms with Gasteiger partial charge in [-0.3, -0.25) is 9.10 Å². The van der Waals surface area contributed by atoms with Gasteiger partial charge in [-0.15, -0.1) is 0 Å². The predicted octanol–water partition coefficient (Wildman–Crippen LogP) is 3.90. The van der Waals surface area contributed by atoms with Gasteiger partial charge in [-0.25, -0.2) is 12.8 Å². The highest BCUT2D eigenvalue weighted by Crippen LogP contribution is 2.37. The average molecular weight is 425 g/mol. The first kappa shape index (κ1) is 21.0. The smallest absolute Gasteiger partial charge is 0.325 e. The van der Waals surface area contributed by atoms with E-state index in [1.165, 1.54) is 12.1 Å².